The third-order valence-corrected chi connectivity index (χ3v) is 6.25. The molecule has 0 aliphatic heterocycles. The maximum absolute atomic E-state index is 10.9. The summed E-state index contributed by atoms with van der Waals surface area (Å²) in [6, 6.07) is 19.6. The predicted octanol–water partition coefficient (Wildman–Crippen LogP) is 7.61. The van der Waals surface area contributed by atoms with Crippen LogP contribution in [0, 0.1) is 34.6 Å². The molecule has 0 radical (unpaired) electrons. The first-order valence-corrected chi connectivity index (χ1v) is 11.1. The molecule has 5 heteroatoms. The Bertz CT molecular complexity index is 1300. The van der Waals surface area contributed by atoms with Gasteiger partial charge in [0.25, 0.3) is 0 Å². The minimum absolute atomic E-state index is 0.0666. The van der Waals surface area contributed by atoms with Crippen molar-refractivity contribution in [3.63, 3.8) is 0 Å². The third kappa shape index (κ3) is 4.25. The summed E-state index contributed by atoms with van der Waals surface area (Å²) in [6.45, 7) is 9.82. The second-order valence-corrected chi connectivity index (χ2v) is 8.65. The summed E-state index contributed by atoms with van der Waals surface area (Å²) in [5.41, 5.74) is 6.80. The van der Waals surface area contributed by atoms with Crippen LogP contribution in [-0.4, -0.2) is 15.3 Å². The van der Waals surface area contributed by atoms with Crippen LogP contribution in [-0.2, 0) is 0 Å². The summed E-state index contributed by atoms with van der Waals surface area (Å²) in [4.78, 5) is 1.88. The average molecular weight is 456 g/mol. The molecule has 0 atom stereocenters. The Morgan fingerprint density at radius 3 is 1.62 bits per heavy atom. The fourth-order valence-electron chi connectivity index (χ4n) is 4.00. The molecule has 0 saturated heterocycles. The Morgan fingerprint density at radius 2 is 1.09 bits per heavy atom. The van der Waals surface area contributed by atoms with Gasteiger partial charge in [-0.2, -0.15) is 0 Å². The molecular formula is C29H29NO4. The molecule has 0 aliphatic carbocycles. The highest BCUT2D eigenvalue weighted by Crippen LogP contribution is 2.48. The van der Waals surface area contributed by atoms with Gasteiger partial charge in [0, 0.05) is 5.69 Å². The van der Waals surface area contributed by atoms with Gasteiger partial charge >= 0.3 is 0 Å². The lowest BCUT2D eigenvalue weighted by atomic mass is 10.0. The monoisotopic (exact) mass is 455 g/mol. The van der Waals surface area contributed by atoms with Crippen molar-refractivity contribution in [2.24, 2.45) is 0 Å². The lowest BCUT2D eigenvalue weighted by Crippen LogP contribution is -2.14. The van der Waals surface area contributed by atoms with Crippen LogP contribution < -0.4 is 9.64 Å². The van der Waals surface area contributed by atoms with Gasteiger partial charge in [-0.15, -0.1) is 0 Å². The van der Waals surface area contributed by atoms with Gasteiger partial charge in [-0.1, -0.05) is 18.2 Å². The number of benzene rings is 4. The van der Waals surface area contributed by atoms with Gasteiger partial charge in [-0.25, -0.2) is 0 Å². The number of anilines is 3. The summed E-state index contributed by atoms with van der Waals surface area (Å²) < 4.78 is 5.90. The van der Waals surface area contributed by atoms with Gasteiger partial charge in [0.1, 0.15) is 17.2 Å². The minimum atomic E-state index is 0.0666. The van der Waals surface area contributed by atoms with Crippen molar-refractivity contribution in [1.82, 2.24) is 0 Å². The molecule has 5 nitrogen and oxygen atoms in total. The van der Waals surface area contributed by atoms with E-state index in [1.165, 1.54) is 0 Å². The highest BCUT2D eigenvalue weighted by molar-refractivity contribution is 5.87. The van der Waals surface area contributed by atoms with Crippen LogP contribution in [0.1, 0.15) is 27.8 Å². The molecule has 0 aliphatic rings. The molecule has 0 heterocycles. The third-order valence-electron chi connectivity index (χ3n) is 6.25. The van der Waals surface area contributed by atoms with E-state index >= 15 is 0 Å². The van der Waals surface area contributed by atoms with Crippen molar-refractivity contribution in [3.05, 3.63) is 94.5 Å². The zero-order chi connectivity index (χ0) is 24.6. The molecule has 0 bridgehead atoms. The summed E-state index contributed by atoms with van der Waals surface area (Å²) >= 11 is 0. The number of aryl methyl sites for hydroxylation is 3. The first-order chi connectivity index (χ1) is 16.2. The quantitative estimate of drug-likeness (QED) is 0.289. The maximum Gasteiger partial charge on any atom is 0.169 e. The van der Waals surface area contributed by atoms with Gasteiger partial charge in [0.05, 0.1) is 11.4 Å². The zero-order valence-electron chi connectivity index (χ0n) is 20.0. The van der Waals surface area contributed by atoms with Gasteiger partial charge in [0.15, 0.2) is 11.5 Å². The van der Waals surface area contributed by atoms with E-state index in [1.807, 2.05) is 69.9 Å². The van der Waals surface area contributed by atoms with E-state index in [-0.39, 0.29) is 17.2 Å². The van der Waals surface area contributed by atoms with E-state index in [9.17, 15) is 15.3 Å². The molecule has 4 rings (SSSR count). The number of hydrogen-bond donors (Lipinski definition) is 3. The van der Waals surface area contributed by atoms with Crippen LogP contribution in [0.15, 0.2) is 66.7 Å². The van der Waals surface area contributed by atoms with Crippen LogP contribution in [0.3, 0.4) is 0 Å². The summed E-state index contributed by atoms with van der Waals surface area (Å²) in [7, 11) is 0. The first-order valence-electron chi connectivity index (χ1n) is 11.1. The van der Waals surface area contributed by atoms with Crippen molar-refractivity contribution in [2.75, 3.05) is 4.90 Å². The Morgan fingerprint density at radius 1 is 0.588 bits per heavy atom. The summed E-state index contributed by atoms with van der Waals surface area (Å²) in [5.74, 6) is 1.24. The van der Waals surface area contributed by atoms with Crippen LogP contribution in [0.2, 0.25) is 0 Å². The molecule has 0 fully saturated rings. The first kappa shape index (κ1) is 23.1. The number of rotatable bonds is 5. The molecule has 0 spiro atoms. The fourth-order valence-corrected chi connectivity index (χ4v) is 4.00. The van der Waals surface area contributed by atoms with Crippen LogP contribution >= 0.6 is 0 Å². The van der Waals surface area contributed by atoms with Gasteiger partial charge in [-0.3, -0.25) is 0 Å². The van der Waals surface area contributed by atoms with Crippen LogP contribution in [0.4, 0.5) is 17.1 Å². The molecule has 4 aromatic carbocycles. The van der Waals surface area contributed by atoms with Crippen molar-refractivity contribution in [2.45, 2.75) is 34.6 Å². The molecule has 0 unspecified atom stereocenters. The second-order valence-electron chi connectivity index (χ2n) is 8.65. The molecule has 0 amide bonds. The minimum Gasteiger partial charge on any atom is -0.506 e. The van der Waals surface area contributed by atoms with E-state index in [0.717, 1.165) is 33.5 Å². The van der Waals surface area contributed by atoms with E-state index in [1.54, 1.807) is 36.4 Å². The van der Waals surface area contributed by atoms with Crippen molar-refractivity contribution < 1.29 is 20.1 Å². The Hall–Kier alpha value is -4.12. The fraction of sp³-hybridized carbons (Fsp3) is 0.172. The number of nitrogens with zero attached hydrogens (tertiary/aromatic N) is 1. The molecule has 34 heavy (non-hydrogen) atoms. The van der Waals surface area contributed by atoms with Crippen LogP contribution in [0.5, 0.6) is 28.7 Å². The summed E-state index contributed by atoms with van der Waals surface area (Å²) in [5, 5.41) is 31.9. The number of aromatic hydroxyl groups is 3. The van der Waals surface area contributed by atoms with Gasteiger partial charge in [-0.05, 0) is 111 Å². The highest BCUT2D eigenvalue weighted by Gasteiger charge is 2.24. The number of hydrogen-bond acceptors (Lipinski definition) is 5. The highest BCUT2D eigenvalue weighted by atomic mass is 16.5. The van der Waals surface area contributed by atoms with E-state index in [4.69, 9.17) is 4.74 Å². The number of phenols is 3. The molecular weight excluding hydrogens is 426 g/mol. The maximum atomic E-state index is 10.9. The molecule has 3 N–H and O–H groups in total. The standard InChI is InChI=1S/C29H29NO4/c1-17-6-13-24(31)27(16-17)34-23-11-9-22(10-12-23)30(28-20(4)18(2)7-14-25(28)32)29-21(5)19(3)8-15-26(29)33/h6-16,31-33H,1-5H3. The van der Waals surface area contributed by atoms with Gasteiger partial charge < -0.3 is 25.0 Å². The van der Waals surface area contributed by atoms with Crippen LogP contribution in [0.25, 0.3) is 0 Å². The number of phenolic OH excluding ortho intramolecular Hbond substituents is 3. The lowest BCUT2D eigenvalue weighted by molar-refractivity contribution is 0.411. The topological polar surface area (TPSA) is 73.2 Å². The van der Waals surface area contributed by atoms with Crippen molar-refractivity contribution in [3.8, 4) is 28.7 Å². The Balaban J connectivity index is 1.85. The van der Waals surface area contributed by atoms with E-state index < -0.39 is 0 Å². The molecule has 0 saturated carbocycles. The molecule has 174 valence electrons. The lowest BCUT2D eigenvalue weighted by Gasteiger charge is -2.30. The zero-order valence-corrected chi connectivity index (χ0v) is 20.0. The van der Waals surface area contributed by atoms with Crippen molar-refractivity contribution >= 4 is 17.1 Å². The number of ether oxygens (including phenoxy) is 1. The Labute approximate surface area is 200 Å². The largest absolute Gasteiger partial charge is 0.506 e. The smallest absolute Gasteiger partial charge is 0.169 e. The van der Waals surface area contributed by atoms with E-state index in [2.05, 4.69) is 0 Å². The SMILES string of the molecule is Cc1ccc(O)c(Oc2ccc(N(c3c(O)ccc(C)c3C)c3c(O)ccc(C)c3C)cc2)c1. The average Bonchev–Trinajstić information content (AvgIpc) is 2.81. The molecule has 4 aromatic rings. The summed E-state index contributed by atoms with van der Waals surface area (Å²) in [6.07, 6.45) is 0. The second kappa shape index (κ2) is 9.02. The van der Waals surface area contributed by atoms with E-state index in [0.29, 0.717) is 22.9 Å². The molecule has 0 aromatic heterocycles. The predicted molar refractivity (Wildman–Crippen MR) is 136 cm³/mol. The van der Waals surface area contributed by atoms with Crippen molar-refractivity contribution in [1.29, 1.82) is 0 Å². The van der Waals surface area contributed by atoms with Gasteiger partial charge in [0.2, 0.25) is 0 Å². The normalized spacial score (nSPS) is 10.9. The Kier molecular flexibility index (Phi) is 6.12.